The summed E-state index contributed by atoms with van der Waals surface area (Å²) < 4.78 is 5.70. The maximum Gasteiger partial charge on any atom is 0.270 e. The quantitative estimate of drug-likeness (QED) is 0.819. The van der Waals surface area contributed by atoms with E-state index in [0.717, 1.165) is 35.8 Å². The number of hydrogen-bond donors (Lipinski definition) is 1. The molecule has 1 aliphatic rings. The van der Waals surface area contributed by atoms with E-state index >= 15 is 0 Å². The van der Waals surface area contributed by atoms with Crippen molar-refractivity contribution in [3.8, 4) is 5.75 Å². The molecule has 1 aromatic heterocycles. The number of carbonyl (C=O) groups is 1. The number of carbonyl (C=O) groups excluding carboxylic acids is 1. The zero-order valence-electron chi connectivity index (χ0n) is 14.8. The topological polar surface area (TPSA) is 67.3 Å². The van der Waals surface area contributed by atoms with Crippen LogP contribution in [0.4, 0.5) is 5.82 Å². The molecule has 1 saturated heterocycles. The van der Waals surface area contributed by atoms with E-state index in [9.17, 15) is 4.79 Å². The van der Waals surface area contributed by atoms with Gasteiger partial charge in [-0.2, -0.15) is 0 Å². The highest BCUT2D eigenvalue weighted by Gasteiger charge is 2.16. The van der Waals surface area contributed by atoms with Crippen LogP contribution in [-0.4, -0.2) is 42.1 Å². The molecular formula is C19H24N4O2. The van der Waals surface area contributed by atoms with Gasteiger partial charge in [0.05, 0.1) is 6.54 Å². The lowest BCUT2D eigenvalue weighted by atomic mass is 10.1. The van der Waals surface area contributed by atoms with Crippen LogP contribution >= 0.6 is 0 Å². The van der Waals surface area contributed by atoms with Crippen LogP contribution in [-0.2, 0) is 0 Å². The average molecular weight is 340 g/mol. The molecule has 0 spiro atoms. The zero-order valence-corrected chi connectivity index (χ0v) is 14.8. The number of anilines is 1. The fourth-order valence-corrected chi connectivity index (χ4v) is 3.03. The predicted molar refractivity (Wildman–Crippen MR) is 97.2 cm³/mol. The number of aromatic nitrogens is 2. The van der Waals surface area contributed by atoms with E-state index in [-0.39, 0.29) is 5.91 Å². The smallest absolute Gasteiger partial charge is 0.270 e. The molecule has 6 nitrogen and oxygen atoms in total. The molecule has 0 saturated carbocycles. The lowest BCUT2D eigenvalue weighted by molar-refractivity contribution is 0.0942. The molecule has 0 atom stereocenters. The van der Waals surface area contributed by atoms with E-state index in [1.807, 2.05) is 26.0 Å². The summed E-state index contributed by atoms with van der Waals surface area (Å²) in [6.45, 7) is 6.89. The van der Waals surface area contributed by atoms with Crippen molar-refractivity contribution in [2.45, 2.75) is 26.7 Å². The Labute approximate surface area is 148 Å². The fraction of sp³-hybridized carbons (Fsp3) is 0.421. The summed E-state index contributed by atoms with van der Waals surface area (Å²) in [5.41, 5.74) is 2.72. The van der Waals surface area contributed by atoms with Crippen LogP contribution in [0, 0.1) is 13.8 Å². The van der Waals surface area contributed by atoms with Crippen molar-refractivity contribution in [1.82, 2.24) is 15.3 Å². The van der Waals surface area contributed by atoms with Gasteiger partial charge >= 0.3 is 0 Å². The molecule has 0 radical (unpaired) electrons. The zero-order chi connectivity index (χ0) is 17.6. The van der Waals surface area contributed by atoms with Crippen LogP contribution in [0.15, 0.2) is 30.6 Å². The maximum atomic E-state index is 12.3. The molecule has 0 unspecified atom stereocenters. The second kappa shape index (κ2) is 7.96. The number of hydrogen-bond acceptors (Lipinski definition) is 5. The molecule has 1 aliphatic heterocycles. The van der Waals surface area contributed by atoms with E-state index in [1.165, 1.54) is 19.2 Å². The first-order chi connectivity index (χ1) is 12.1. The first-order valence-corrected chi connectivity index (χ1v) is 8.68. The van der Waals surface area contributed by atoms with Crippen molar-refractivity contribution >= 4 is 11.7 Å². The highest BCUT2D eigenvalue weighted by molar-refractivity contribution is 5.92. The first kappa shape index (κ1) is 17.2. The summed E-state index contributed by atoms with van der Waals surface area (Å²) in [5, 5.41) is 2.84. The summed E-state index contributed by atoms with van der Waals surface area (Å²) in [6.07, 6.45) is 3.79. The van der Waals surface area contributed by atoms with Crippen LogP contribution in [0.25, 0.3) is 0 Å². The summed E-state index contributed by atoms with van der Waals surface area (Å²) >= 11 is 0. The van der Waals surface area contributed by atoms with Gasteiger partial charge in [-0.05, 0) is 49.9 Å². The van der Waals surface area contributed by atoms with Gasteiger partial charge in [-0.3, -0.25) is 4.79 Å². The minimum atomic E-state index is -0.202. The highest BCUT2D eigenvalue weighted by Crippen LogP contribution is 2.18. The van der Waals surface area contributed by atoms with E-state index < -0.39 is 0 Å². The number of nitrogens with one attached hydrogen (secondary N) is 1. The van der Waals surface area contributed by atoms with Gasteiger partial charge in [0, 0.05) is 19.2 Å². The molecule has 1 aromatic carbocycles. The van der Waals surface area contributed by atoms with Crippen LogP contribution < -0.4 is 15.0 Å². The van der Waals surface area contributed by atoms with Gasteiger partial charge in [0.1, 0.15) is 30.2 Å². The summed E-state index contributed by atoms with van der Waals surface area (Å²) in [6, 6.07) is 7.83. The van der Waals surface area contributed by atoms with Gasteiger partial charge in [0.25, 0.3) is 5.91 Å². The van der Waals surface area contributed by atoms with E-state index in [2.05, 4.69) is 26.3 Å². The standard InChI is InChI=1S/C19H24N4O2/c1-14-9-15(2)11-16(10-14)25-8-5-20-19(24)17-12-18(22-13-21-17)23-6-3-4-7-23/h9-13H,3-8H2,1-2H3,(H,20,24). The van der Waals surface area contributed by atoms with Crippen molar-refractivity contribution in [1.29, 1.82) is 0 Å². The average Bonchev–Trinajstić information content (AvgIpc) is 3.12. The number of rotatable bonds is 6. The number of benzene rings is 1. The van der Waals surface area contributed by atoms with E-state index in [0.29, 0.717) is 18.8 Å². The van der Waals surface area contributed by atoms with Crippen molar-refractivity contribution in [3.05, 3.63) is 47.4 Å². The molecule has 6 heteroatoms. The van der Waals surface area contributed by atoms with E-state index in [4.69, 9.17) is 4.74 Å². The molecular weight excluding hydrogens is 316 g/mol. The maximum absolute atomic E-state index is 12.3. The Morgan fingerprint density at radius 3 is 2.56 bits per heavy atom. The van der Waals surface area contributed by atoms with E-state index in [1.54, 1.807) is 6.07 Å². The molecule has 1 N–H and O–H groups in total. The Balaban J connectivity index is 1.50. The minimum Gasteiger partial charge on any atom is -0.492 e. The van der Waals surface area contributed by atoms with Crippen LogP contribution in [0.1, 0.15) is 34.5 Å². The molecule has 2 heterocycles. The Bertz CT molecular complexity index is 722. The molecule has 25 heavy (non-hydrogen) atoms. The lowest BCUT2D eigenvalue weighted by Crippen LogP contribution is -2.29. The minimum absolute atomic E-state index is 0.202. The first-order valence-electron chi connectivity index (χ1n) is 8.68. The molecule has 0 bridgehead atoms. The van der Waals surface area contributed by atoms with Crippen molar-refractivity contribution < 1.29 is 9.53 Å². The second-order valence-corrected chi connectivity index (χ2v) is 6.38. The predicted octanol–water partition coefficient (Wildman–Crippen LogP) is 2.50. The van der Waals surface area contributed by atoms with Gasteiger partial charge < -0.3 is 15.0 Å². The normalized spacial score (nSPS) is 13.8. The summed E-state index contributed by atoms with van der Waals surface area (Å²) in [4.78, 5) is 22.8. The molecule has 132 valence electrons. The summed E-state index contributed by atoms with van der Waals surface area (Å²) in [5.74, 6) is 1.45. The number of ether oxygens (including phenoxy) is 1. The Hall–Kier alpha value is -2.63. The third-order valence-corrected chi connectivity index (χ3v) is 4.17. The monoisotopic (exact) mass is 340 g/mol. The number of amides is 1. The number of aryl methyl sites for hydroxylation is 2. The van der Waals surface area contributed by atoms with Crippen molar-refractivity contribution in [2.75, 3.05) is 31.1 Å². The highest BCUT2D eigenvalue weighted by atomic mass is 16.5. The molecule has 3 rings (SSSR count). The van der Waals surface area contributed by atoms with Crippen LogP contribution in [0.2, 0.25) is 0 Å². The van der Waals surface area contributed by atoms with Gasteiger partial charge in [0.2, 0.25) is 0 Å². The Kier molecular flexibility index (Phi) is 5.48. The van der Waals surface area contributed by atoms with Gasteiger partial charge in [-0.1, -0.05) is 6.07 Å². The van der Waals surface area contributed by atoms with Gasteiger partial charge in [-0.25, -0.2) is 9.97 Å². The Morgan fingerprint density at radius 2 is 1.84 bits per heavy atom. The fourth-order valence-electron chi connectivity index (χ4n) is 3.03. The molecule has 1 amide bonds. The third-order valence-electron chi connectivity index (χ3n) is 4.17. The Morgan fingerprint density at radius 1 is 1.12 bits per heavy atom. The second-order valence-electron chi connectivity index (χ2n) is 6.38. The molecule has 2 aromatic rings. The lowest BCUT2D eigenvalue weighted by Gasteiger charge is -2.16. The van der Waals surface area contributed by atoms with Crippen LogP contribution in [0.3, 0.4) is 0 Å². The molecule has 1 fully saturated rings. The van der Waals surface area contributed by atoms with Crippen molar-refractivity contribution in [2.24, 2.45) is 0 Å². The van der Waals surface area contributed by atoms with Gasteiger partial charge in [-0.15, -0.1) is 0 Å². The van der Waals surface area contributed by atoms with Crippen molar-refractivity contribution in [3.63, 3.8) is 0 Å². The SMILES string of the molecule is Cc1cc(C)cc(OCCNC(=O)c2cc(N3CCCC3)ncn2)c1. The number of nitrogens with zero attached hydrogens (tertiary/aromatic N) is 3. The van der Waals surface area contributed by atoms with Crippen LogP contribution in [0.5, 0.6) is 5.75 Å². The molecule has 0 aliphatic carbocycles. The third kappa shape index (κ3) is 4.68. The summed E-state index contributed by atoms with van der Waals surface area (Å²) in [7, 11) is 0. The largest absolute Gasteiger partial charge is 0.492 e. The van der Waals surface area contributed by atoms with Gasteiger partial charge in [0.15, 0.2) is 0 Å².